The summed E-state index contributed by atoms with van der Waals surface area (Å²) in [5.74, 6) is -0.148. The van der Waals surface area contributed by atoms with Crippen molar-refractivity contribution in [2.45, 2.75) is 32.4 Å². The molecule has 6 heteroatoms. The largest absolute Gasteiger partial charge is 0.384 e. The number of nitrogens with two attached hydrogens (primary N) is 1. The van der Waals surface area contributed by atoms with Crippen molar-refractivity contribution in [3.63, 3.8) is 0 Å². The highest BCUT2D eigenvalue weighted by Gasteiger charge is 2.31. The van der Waals surface area contributed by atoms with E-state index < -0.39 is 0 Å². The number of benzene rings is 1. The molecule has 2 rings (SSSR count). The Kier molecular flexibility index (Phi) is 4.57. The molecule has 0 unspecified atom stereocenters. The van der Waals surface area contributed by atoms with Crippen molar-refractivity contribution >= 4 is 17.6 Å². The van der Waals surface area contributed by atoms with Gasteiger partial charge in [0.1, 0.15) is 11.9 Å². The number of nitrogen functional groups attached to an aromatic ring is 1. The number of nitrogens with one attached hydrogen (secondary N) is 2. The van der Waals surface area contributed by atoms with E-state index in [4.69, 9.17) is 11.1 Å². The summed E-state index contributed by atoms with van der Waals surface area (Å²) in [7, 11) is 0. The molecule has 2 amide bonds. The molecule has 1 aromatic carbocycles. The fourth-order valence-corrected chi connectivity index (χ4v) is 2.53. The van der Waals surface area contributed by atoms with Gasteiger partial charge in [0.15, 0.2) is 0 Å². The minimum Gasteiger partial charge on any atom is -0.384 e. The number of amidine groups is 1. The van der Waals surface area contributed by atoms with Gasteiger partial charge in [-0.1, -0.05) is 24.3 Å². The first kappa shape index (κ1) is 15.0. The van der Waals surface area contributed by atoms with E-state index in [1.165, 1.54) is 6.92 Å². The van der Waals surface area contributed by atoms with Crippen LogP contribution in [0.2, 0.25) is 0 Å². The Morgan fingerprint density at radius 1 is 1.38 bits per heavy atom. The van der Waals surface area contributed by atoms with E-state index in [0.717, 1.165) is 12.0 Å². The zero-order valence-electron chi connectivity index (χ0n) is 12.1. The predicted molar refractivity (Wildman–Crippen MR) is 79.7 cm³/mol. The Balaban J connectivity index is 1.91. The molecule has 6 nitrogen and oxygen atoms in total. The van der Waals surface area contributed by atoms with Crippen LogP contribution in [0.4, 0.5) is 0 Å². The first-order valence-corrected chi connectivity index (χ1v) is 6.97. The molecule has 1 atom stereocenters. The van der Waals surface area contributed by atoms with Crippen LogP contribution in [0.3, 0.4) is 0 Å². The molecule has 1 fully saturated rings. The van der Waals surface area contributed by atoms with Crippen LogP contribution < -0.4 is 11.1 Å². The second-order valence-electron chi connectivity index (χ2n) is 5.20. The maximum Gasteiger partial charge on any atom is 0.243 e. The molecule has 0 bridgehead atoms. The quantitative estimate of drug-likeness (QED) is 0.558. The van der Waals surface area contributed by atoms with Crippen molar-refractivity contribution in [2.75, 3.05) is 6.54 Å². The number of carbonyl (C=O) groups excluding carboxylic acids is 2. The summed E-state index contributed by atoms with van der Waals surface area (Å²) < 4.78 is 0. The van der Waals surface area contributed by atoms with Gasteiger partial charge in [-0.2, -0.15) is 0 Å². The fourth-order valence-electron chi connectivity index (χ4n) is 2.53. The molecule has 0 aliphatic carbocycles. The number of hydrogen-bond acceptors (Lipinski definition) is 3. The topological polar surface area (TPSA) is 99.3 Å². The Hall–Kier alpha value is -2.37. The molecular formula is C15H20N4O2. The van der Waals surface area contributed by atoms with Gasteiger partial charge in [0, 0.05) is 25.6 Å². The van der Waals surface area contributed by atoms with E-state index in [2.05, 4.69) is 5.32 Å². The molecule has 0 spiro atoms. The summed E-state index contributed by atoms with van der Waals surface area (Å²) in [4.78, 5) is 25.2. The fraction of sp³-hybridized carbons (Fsp3) is 0.400. The lowest BCUT2D eigenvalue weighted by Crippen LogP contribution is -2.44. The lowest BCUT2D eigenvalue weighted by molar-refractivity contribution is -0.136. The predicted octanol–water partition coefficient (Wildman–Crippen LogP) is 0.598. The van der Waals surface area contributed by atoms with Crippen molar-refractivity contribution in [2.24, 2.45) is 5.73 Å². The summed E-state index contributed by atoms with van der Waals surface area (Å²) in [5.41, 5.74) is 6.98. The van der Waals surface area contributed by atoms with Gasteiger partial charge in [0.25, 0.3) is 0 Å². The van der Waals surface area contributed by atoms with Crippen LogP contribution in [0.15, 0.2) is 24.3 Å². The van der Waals surface area contributed by atoms with Crippen LogP contribution in [-0.2, 0) is 16.1 Å². The Bertz CT molecular complexity index is 553. The molecule has 1 heterocycles. The second-order valence-corrected chi connectivity index (χ2v) is 5.20. The van der Waals surface area contributed by atoms with E-state index in [1.54, 1.807) is 17.0 Å². The van der Waals surface area contributed by atoms with Gasteiger partial charge in [-0.15, -0.1) is 0 Å². The van der Waals surface area contributed by atoms with Gasteiger partial charge in [0.2, 0.25) is 11.8 Å². The van der Waals surface area contributed by atoms with Crippen molar-refractivity contribution in [3.05, 3.63) is 35.4 Å². The number of hydrogen-bond donors (Lipinski definition) is 3. The van der Waals surface area contributed by atoms with E-state index in [1.807, 2.05) is 12.1 Å². The monoisotopic (exact) mass is 288 g/mol. The molecule has 0 radical (unpaired) electrons. The van der Waals surface area contributed by atoms with Crippen molar-refractivity contribution in [3.8, 4) is 0 Å². The van der Waals surface area contributed by atoms with E-state index in [0.29, 0.717) is 25.1 Å². The van der Waals surface area contributed by atoms with Gasteiger partial charge < -0.3 is 16.0 Å². The summed E-state index contributed by atoms with van der Waals surface area (Å²) in [5, 5.41) is 10.2. The van der Waals surface area contributed by atoms with Crippen LogP contribution >= 0.6 is 0 Å². The molecule has 21 heavy (non-hydrogen) atoms. The normalized spacial score (nSPS) is 17.6. The third-order valence-electron chi connectivity index (χ3n) is 3.69. The SMILES string of the molecule is CC(=O)N1CCC[C@H]1C(=O)NCc1ccc(C(=N)N)cc1. The van der Waals surface area contributed by atoms with Crippen LogP contribution in [0.5, 0.6) is 0 Å². The molecular weight excluding hydrogens is 268 g/mol. The Morgan fingerprint density at radius 2 is 2.05 bits per heavy atom. The average molecular weight is 288 g/mol. The average Bonchev–Trinajstić information content (AvgIpc) is 2.95. The molecule has 112 valence electrons. The van der Waals surface area contributed by atoms with Gasteiger partial charge in [-0.25, -0.2) is 0 Å². The number of amides is 2. The highest BCUT2D eigenvalue weighted by Crippen LogP contribution is 2.17. The van der Waals surface area contributed by atoms with Crippen LogP contribution in [0.1, 0.15) is 30.9 Å². The second kappa shape index (κ2) is 6.39. The van der Waals surface area contributed by atoms with Crippen molar-refractivity contribution in [1.29, 1.82) is 5.41 Å². The minimum atomic E-state index is -0.348. The van der Waals surface area contributed by atoms with Gasteiger partial charge >= 0.3 is 0 Å². The number of carbonyl (C=O) groups is 2. The highest BCUT2D eigenvalue weighted by atomic mass is 16.2. The molecule has 1 aromatic rings. The number of rotatable bonds is 4. The number of nitrogens with zero attached hydrogens (tertiary/aromatic N) is 1. The summed E-state index contributed by atoms with van der Waals surface area (Å²) in [6.45, 7) is 2.55. The standard InChI is InChI=1S/C15H20N4O2/c1-10(20)19-8-2-3-13(19)15(21)18-9-11-4-6-12(7-5-11)14(16)17/h4-7,13H,2-3,8-9H2,1H3,(H3,16,17)(H,18,21)/t13-/m0/s1. The minimum absolute atomic E-state index is 0.0219. The lowest BCUT2D eigenvalue weighted by Gasteiger charge is -2.22. The van der Waals surface area contributed by atoms with Crippen LogP contribution in [0, 0.1) is 5.41 Å². The molecule has 1 aliphatic heterocycles. The van der Waals surface area contributed by atoms with Crippen molar-refractivity contribution in [1.82, 2.24) is 10.2 Å². The molecule has 1 saturated heterocycles. The zero-order valence-corrected chi connectivity index (χ0v) is 12.1. The van der Waals surface area contributed by atoms with E-state index >= 15 is 0 Å². The smallest absolute Gasteiger partial charge is 0.243 e. The summed E-state index contributed by atoms with van der Waals surface area (Å²) in [6, 6.07) is 6.81. The lowest BCUT2D eigenvalue weighted by atomic mass is 10.1. The van der Waals surface area contributed by atoms with E-state index in [9.17, 15) is 9.59 Å². The van der Waals surface area contributed by atoms with E-state index in [-0.39, 0.29) is 23.7 Å². The molecule has 4 N–H and O–H groups in total. The number of likely N-dealkylation sites (tertiary alicyclic amines) is 1. The highest BCUT2D eigenvalue weighted by molar-refractivity contribution is 5.94. The van der Waals surface area contributed by atoms with Gasteiger partial charge in [-0.3, -0.25) is 15.0 Å². The maximum atomic E-state index is 12.1. The first-order valence-electron chi connectivity index (χ1n) is 6.97. The van der Waals surface area contributed by atoms with Crippen LogP contribution in [0.25, 0.3) is 0 Å². The van der Waals surface area contributed by atoms with Gasteiger partial charge in [-0.05, 0) is 18.4 Å². The summed E-state index contributed by atoms with van der Waals surface area (Å²) >= 11 is 0. The summed E-state index contributed by atoms with van der Waals surface area (Å²) in [6.07, 6.45) is 1.58. The molecule has 0 aromatic heterocycles. The third-order valence-corrected chi connectivity index (χ3v) is 3.69. The Labute approximate surface area is 123 Å². The molecule has 1 aliphatic rings. The third kappa shape index (κ3) is 3.59. The first-order chi connectivity index (χ1) is 9.99. The maximum absolute atomic E-state index is 12.1. The Morgan fingerprint density at radius 3 is 2.62 bits per heavy atom. The molecule has 0 saturated carbocycles. The van der Waals surface area contributed by atoms with Crippen LogP contribution in [-0.4, -0.2) is 35.1 Å². The van der Waals surface area contributed by atoms with Gasteiger partial charge in [0.05, 0.1) is 0 Å². The van der Waals surface area contributed by atoms with Crippen molar-refractivity contribution < 1.29 is 9.59 Å². The zero-order chi connectivity index (χ0) is 15.4.